The smallest absolute Gasteiger partial charge is 0.251 e. The minimum Gasteiger partial charge on any atom is -0.506 e. The zero-order chi connectivity index (χ0) is 16.7. The van der Waals surface area contributed by atoms with Gasteiger partial charge in [0.1, 0.15) is 5.75 Å². The van der Waals surface area contributed by atoms with Gasteiger partial charge in [0, 0.05) is 28.9 Å². The molecule has 3 N–H and O–H groups in total. The fourth-order valence-corrected chi connectivity index (χ4v) is 2.80. The summed E-state index contributed by atoms with van der Waals surface area (Å²) in [5.74, 6) is 0.0631. The molecule has 0 bridgehead atoms. The van der Waals surface area contributed by atoms with Crippen molar-refractivity contribution in [2.45, 2.75) is 6.92 Å². The van der Waals surface area contributed by atoms with Gasteiger partial charge in [-0.05, 0) is 47.1 Å². The highest BCUT2D eigenvalue weighted by atomic mass is 79.9. The molecule has 0 aliphatic rings. The van der Waals surface area contributed by atoms with E-state index in [0.29, 0.717) is 15.6 Å². The molecule has 0 atom stereocenters. The minimum absolute atomic E-state index is 0.0370. The Kier molecular flexibility index (Phi) is 7.27. The second kappa shape index (κ2) is 8.70. The summed E-state index contributed by atoms with van der Waals surface area (Å²) < 4.78 is 1.42. The van der Waals surface area contributed by atoms with Gasteiger partial charge in [-0.25, -0.2) is 0 Å². The molecule has 22 heavy (non-hydrogen) atoms. The van der Waals surface area contributed by atoms with Gasteiger partial charge in [0.25, 0.3) is 5.91 Å². The van der Waals surface area contributed by atoms with Crippen molar-refractivity contribution in [2.75, 3.05) is 7.05 Å². The lowest BCUT2D eigenvalue weighted by Gasteiger charge is -2.01. The number of benzene rings is 2. The molecule has 0 fully saturated rings. The molecule has 0 aliphatic heterocycles. The number of halogens is 2. The predicted octanol–water partition coefficient (Wildman–Crippen LogP) is 4.27. The molecule has 4 nitrogen and oxygen atoms in total. The van der Waals surface area contributed by atoms with Gasteiger partial charge in [0.2, 0.25) is 0 Å². The van der Waals surface area contributed by atoms with Crippen LogP contribution in [0.25, 0.3) is 0 Å². The number of hydrogen-bond acceptors (Lipinski definition) is 3. The maximum absolute atomic E-state index is 11.0. The zero-order valence-corrected chi connectivity index (χ0v) is 15.3. The molecule has 0 aliphatic carbocycles. The van der Waals surface area contributed by atoms with Crippen molar-refractivity contribution >= 4 is 44.0 Å². The zero-order valence-electron chi connectivity index (χ0n) is 12.2. The molecule has 116 valence electrons. The summed E-state index contributed by atoms with van der Waals surface area (Å²) in [4.78, 5) is 11.0. The number of amides is 1. The van der Waals surface area contributed by atoms with E-state index in [-0.39, 0.29) is 11.7 Å². The third-order valence-electron chi connectivity index (χ3n) is 2.75. The van der Waals surface area contributed by atoms with Gasteiger partial charge >= 0.3 is 0 Å². The maximum Gasteiger partial charge on any atom is 0.251 e. The third-order valence-corrected chi connectivity index (χ3v) is 3.82. The van der Waals surface area contributed by atoms with E-state index >= 15 is 0 Å². The molecule has 0 radical (unpaired) electrons. The summed E-state index contributed by atoms with van der Waals surface area (Å²) in [6.45, 7) is 1.99. The van der Waals surface area contributed by atoms with Crippen LogP contribution in [0.4, 0.5) is 0 Å². The van der Waals surface area contributed by atoms with Gasteiger partial charge in [-0.15, -0.1) is 0 Å². The summed E-state index contributed by atoms with van der Waals surface area (Å²) in [5.41, 5.74) is 2.36. The number of carbonyl (C=O) groups excluding carboxylic acids is 1. The Bertz CT molecular complexity index is 671. The van der Waals surface area contributed by atoms with E-state index in [4.69, 9.17) is 5.41 Å². The Morgan fingerprint density at radius 1 is 1.23 bits per heavy atom. The van der Waals surface area contributed by atoms with Crippen LogP contribution in [-0.4, -0.2) is 24.3 Å². The molecule has 0 unspecified atom stereocenters. The van der Waals surface area contributed by atoms with Crippen LogP contribution in [0.2, 0.25) is 0 Å². The van der Waals surface area contributed by atoms with E-state index in [1.165, 1.54) is 0 Å². The first kappa shape index (κ1) is 18.4. The van der Waals surface area contributed by atoms with Crippen LogP contribution in [0.3, 0.4) is 0 Å². The Hall–Kier alpha value is -1.66. The minimum atomic E-state index is -0.0370. The van der Waals surface area contributed by atoms with Crippen LogP contribution < -0.4 is 5.32 Å². The van der Waals surface area contributed by atoms with E-state index in [0.717, 1.165) is 16.3 Å². The summed E-state index contributed by atoms with van der Waals surface area (Å²) >= 11 is 6.40. The van der Waals surface area contributed by atoms with Gasteiger partial charge in [-0.3, -0.25) is 4.79 Å². The highest BCUT2D eigenvalue weighted by Gasteiger charge is 2.03. The average molecular weight is 428 g/mol. The Morgan fingerprint density at radius 2 is 1.82 bits per heavy atom. The van der Waals surface area contributed by atoms with Crippen molar-refractivity contribution in [2.24, 2.45) is 0 Å². The fourth-order valence-electron chi connectivity index (χ4n) is 1.55. The number of phenolic OH excluding ortho intramolecular Hbond substituents is 1. The van der Waals surface area contributed by atoms with Crippen molar-refractivity contribution in [3.8, 4) is 5.75 Å². The molecule has 2 aromatic rings. The van der Waals surface area contributed by atoms with Crippen molar-refractivity contribution < 1.29 is 9.90 Å². The molecule has 0 aromatic heterocycles. The summed E-state index contributed by atoms with van der Waals surface area (Å²) in [6, 6.07) is 10.9. The van der Waals surface area contributed by atoms with Crippen LogP contribution in [0, 0.1) is 12.3 Å². The Balaban J connectivity index is 0.000000220. The van der Waals surface area contributed by atoms with E-state index < -0.39 is 0 Å². The lowest BCUT2D eigenvalue weighted by atomic mass is 10.1. The molecule has 2 aromatic carbocycles. The topological polar surface area (TPSA) is 73.2 Å². The van der Waals surface area contributed by atoms with Gasteiger partial charge in [0.05, 0.1) is 4.47 Å². The van der Waals surface area contributed by atoms with Crippen LogP contribution >= 0.6 is 31.9 Å². The molecule has 0 heterocycles. The lowest BCUT2D eigenvalue weighted by Crippen LogP contribution is -2.17. The summed E-state index contributed by atoms with van der Waals surface area (Å²) in [6.07, 6.45) is 1.10. The number of rotatable bonds is 2. The second-order valence-electron chi connectivity index (χ2n) is 4.41. The predicted molar refractivity (Wildman–Crippen MR) is 96.0 cm³/mol. The van der Waals surface area contributed by atoms with Crippen molar-refractivity contribution in [3.63, 3.8) is 0 Å². The number of aromatic hydroxyl groups is 1. The van der Waals surface area contributed by atoms with Gasteiger partial charge in [-0.2, -0.15) is 0 Å². The monoisotopic (exact) mass is 426 g/mol. The first-order valence-electron chi connectivity index (χ1n) is 6.36. The van der Waals surface area contributed by atoms with Crippen molar-refractivity contribution in [3.05, 3.63) is 62.0 Å². The average Bonchev–Trinajstić information content (AvgIpc) is 2.51. The van der Waals surface area contributed by atoms with E-state index in [2.05, 4.69) is 37.2 Å². The molecule has 0 saturated heterocycles. The number of hydrogen-bond donors (Lipinski definition) is 3. The van der Waals surface area contributed by atoms with Crippen LogP contribution in [0.15, 0.2) is 45.3 Å². The van der Waals surface area contributed by atoms with Gasteiger partial charge in [0.15, 0.2) is 0 Å². The standard InChI is InChI=1S/C9H11NO.C7H5Br2NO/c1-7-3-5-8(6-4-7)9(11)10-2;8-5-1-4(3-10)7(11)6(9)2-5/h3-6H,1-2H3,(H,10,11);1-3,10-11H. The quantitative estimate of drug-likeness (QED) is 0.626. The first-order chi connectivity index (χ1) is 10.4. The van der Waals surface area contributed by atoms with E-state index in [1.807, 2.05) is 31.2 Å². The fraction of sp³-hybridized carbons (Fsp3) is 0.125. The summed E-state index contributed by atoms with van der Waals surface area (Å²) in [7, 11) is 1.63. The Labute approximate surface area is 146 Å². The molecule has 0 saturated carbocycles. The van der Waals surface area contributed by atoms with Crippen molar-refractivity contribution in [1.29, 1.82) is 5.41 Å². The van der Waals surface area contributed by atoms with Crippen LogP contribution in [-0.2, 0) is 0 Å². The molecule has 0 spiro atoms. The lowest BCUT2D eigenvalue weighted by molar-refractivity contribution is 0.0963. The summed E-state index contributed by atoms with van der Waals surface area (Å²) in [5, 5.41) is 18.8. The normalized spacial score (nSPS) is 9.45. The third kappa shape index (κ3) is 5.27. The Morgan fingerprint density at radius 3 is 2.32 bits per heavy atom. The van der Waals surface area contributed by atoms with Gasteiger partial charge in [-0.1, -0.05) is 33.6 Å². The van der Waals surface area contributed by atoms with Crippen LogP contribution in [0.1, 0.15) is 21.5 Å². The SMILES string of the molecule is CNC(=O)c1ccc(C)cc1.N=Cc1cc(Br)cc(Br)c1O. The largest absolute Gasteiger partial charge is 0.506 e. The molecule has 1 amide bonds. The highest BCUT2D eigenvalue weighted by Crippen LogP contribution is 2.30. The molecular formula is C16H16Br2N2O2. The maximum atomic E-state index is 11.0. The molecular weight excluding hydrogens is 412 g/mol. The first-order valence-corrected chi connectivity index (χ1v) is 7.95. The number of nitrogens with one attached hydrogen (secondary N) is 2. The number of carbonyl (C=O) groups is 1. The number of aryl methyl sites for hydroxylation is 1. The van der Waals surface area contributed by atoms with E-state index in [1.54, 1.807) is 19.2 Å². The number of phenols is 1. The van der Waals surface area contributed by atoms with Crippen molar-refractivity contribution in [1.82, 2.24) is 5.32 Å². The van der Waals surface area contributed by atoms with Gasteiger partial charge < -0.3 is 15.8 Å². The second-order valence-corrected chi connectivity index (χ2v) is 6.18. The van der Waals surface area contributed by atoms with Crippen LogP contribution in [0.5, 0.6) is 5.75 Å². The molecule has 2 rings (SSSR count). The highest BCUT2D eigenvalue weighted by molar-refractivity contribution is 9.11. The molecule has 6 heteroatoms. The van der Waals surface area contributed by atoms with E-state index in [9.17, 15) is 9.90 Å².